The zero-order valence-corrected chi connectivity index (χ0v) is 12.2. The second-order valence-corrected chi connectivity index (χ2v) is 5.44. The fourth-order valence-electron chi connectivity index (χ4n) is 2.14. The topological polar surface area (TPSA) is 70.7 Å². The number of nitrogens with one attached hydrogen (secondary N) is 2. The predicted octanol–water partition coefficient (Wildman–Crippen LogP) is -0.0164. The van der Waals surface area contributed by atoms with Crippen molar-refractivity contribution in [2.24, 2.45) is 0 Å². The molecule has 1 atom stereocenters. The van der Waals surface area contributed by atoms with Gasteiger partial charge in [-0.15, -0.1) is 11.3 Å². The predicted molar refractivity (Wildman–Crippen MR) is 76.5 cm³/mol. The van der Waals surface area contributed by atoms with Crippen LogP contribution in [-0.2, 0) is 14.3 Å². The molecule has 6 nitrogen and oxygen atoms in total. The van der Waals surface area contributed by atoms with Gasteiger partial charge in [0.05, 0.1) is 13.2 Å². The van der Waals surface area contributed by atoms with E-state index in [-0.39, 0.29) is 18.4 Å². The van der Waals surface area contributed by atoms with Gasteiger partial charge in [0, 0.05) is 31.6 Å². The molecule has 1 aromatic heterocycles. The third-order valence-electron chi connectivity index (χ3n) is 3.10. The molecule has 0 radical (unpaired) electrons. The Balaban J connectivity index is 1.99. The van der Waals surface area contributed by atoms with Gasteiger partial charge in [-0.25, -0.2) is 0 Å². The van der Waals surface area contributed by atoms with Crippen LogP contribution in [0.25, 0.3) is 0 Å². The molecule has 1 saturated heterocycles. The molecule has 0 spiro atoms. The summed E-state index contributed by atoms with van der Waals surface area (Å²) in [4.78, 5) is 26.8. The van der Waals surface area contributed by atoms with Gasteiger partial charge in [-0.1, -0.05) is 6.07 Å². The van der Waals surface area contributed by atoms with E-state index in [0.717, 1.165) is 4.88 Å². The Morgan fingerprint density at radius 1 is 1.65 bits per heavy atom. The molecule has 1 aliphatic rings. The van der Waals surface area contributed by atoms with E-state index in [0.29, 0.717) is 26.2 Å². The maximum Gasteiger partial charge on any atom is 0.248 e. The number of methoxy groups -OCH3 is 1. The van der Waals surface area contributed by atoms with Crippen molar-refractivity contribution >= 4 is 23.2 Å². The Morgan fingerprint density at radius 2 is 2.50 bits per heavy atom. The van der Waals surface area contributed by atoms with Crippen molar-refractivity contribution < 1.29 is 14.3 Å². The highest BCUT2D eigenvalue weighted by molar-refractivity contribution is 7.10. The average Bonchev–Trinajstić information content (AvgIpc) is 2.97. The number of rotatable bonds is 6. The summed E-state index contributed by atoms with van der Waals surface area (Å²) in [6.45, 7) is 2.44. The van der Waals surface area contributed by atoms with Crippen LogP contribution in [-0.4, -0.2) is 56.6 Å². The van der Waals surface area contributed by atoms with Crippen LogP contribution in [0.1, 0.15) is 10.9 Å². The molecule has 0 bridgehead atoms. The summed E-state index contributed by atoms with van der Waals surface area (Å²) in [7, 11) is 1.62. The highest BCUT2D eigenvalue weighted by Crippen LogP contribution is 2.26. The third-order valence-corrected chi connectivity index (χ3v) is 4.03. The smallest absolute Gasteiger partial charge is 0.248 e. The normalized spacial score (nSPS) is 18.9. The van der Waals surface area contributed by atoms with Crippen molar-refractivity contribution in [1.29, 1.82) is 0 Å². The number of nitrogens with zero attached hydrogens (tertiary/aromatic N) is 1. The molecule has 0 saturated carbocycles. The van der Waals surface area contributed by atoms with Gasteiger partial charge in [0.25, 0.3) is 0 Å². The van der Waals surface area contributed by atoms with Crippen molar-refractivity contribution in [3.05, 3.63) is 22.4 Å². The summed E-state index contributed by atoms with van der Waals surface area (Å²) in [5.41, 5.74) is 0. The van der Waals surface area contributed by atoms with Gasteiger partial charge < -0.3 is 20.3 Å². The van der Waals surface area contributed by atoms with Crippen LogP contribution < -0.4 is 10.6 Å². The lowest BCUT2D eigenvalue weighted by Gasteiger charge is -2.34. The average molecular weight is 297 g/mol. The van der Waals surface area contributed by atoms with E-state index < -0.39 is 6.04 Å². The Kier molecular flexibility index (Phi) is 5.51. The standard InChI is InChI=1S/C13H19N3O3S/c1-19-7-5-14-9-11(17)16-6-4-15-13(18)12(16)10-3-2-8-20-10/h2-3,8,12,14H,4-7,9H2,1H3,(H,15,18). The quantitative estimate of drug-likeness (QED) is 0.724. The summed E-state index contributed by atoms with van der Waals surface area (Å²) in [5, 5.41) is 7.75. The lowest BCUT2D eigenvalue weighted by Crippen LogP contribution is -2.53. The number of hydrogen-bond donors (Lipinski definition) is 2. The Labute approximate surface area is 122 Å². The number of piperazine rings is 1. The molecule has 2 N–H and O–H groups in total. The molecular formula is C13H19N3O3S. The van der Waals surface area contributed by atoms with Crippen molar-refractivity contribution in [2.75, 3.05) is 39.9 Å². The van der Waals surface area contributed by atoms with Gasteiger partial charge in [0.1, 0.15) is 6.04 Å². The molecule has 1 unspecified atom stereocenters. The van der Waals surface area contributed by atoms with E-state index in [9.17, 15) is 9.59 Å². The fourth-order valence-corrected chi connectivity index (χ4v) is 2.97. The van der Waals surface area contributed by atoms with Crippen LogP contribution in [0, 0.1) is 0 Å². The maximum atomic E-state index is 12.3. The summed E-state index contributed by atoms with van der Waals surface area (Å²) >= 11 is 1.49. The summed E-state index contributed by atoms with van der Waals surface area (Å²) in [6, 6.07) is 3.28. The van der Waals surface area contributed by atoms with Crippen molar-refractivity contribution in [2.45, 2.75) is 6.04 Å². The molecule has 1 aromatic rings. The van der Waals surface area contributed by atoms with Gasteiger partial charge in [0.15, 0.2) is 0 Å². The van der Waals surface area contributed by atoms with Gasteiger partial charge >= 0.3 is 0 Å². The summed E-state index contributed by atoms with van der Waals surface area (Å²) in [6.07, 6.45) is 0. The highest BCUT2D eigenvalue weighted by atomic mass is 32.1. The largest absolute Gasteiger partial charge is 0.383 e. The number of ether oxygens (including phenoxy) is 1. The molecule has 20 heavy (non-hydrogen) atoms. The zero-order chi connectivity index (χ0) is 14.4. The first-order valence-corrected chi connectivity index (χ1v) is 7.42. The van der Waals surface area contributed by atoms with E-state index in [1.807, 2.05) is 17.5 Å². The lowest BCUT2D eigenvalue weighted by molar-refractivity contribution is -0.142. The number of carbonyl (C=O) groups excluding carboxylic acids is 2. The lowest BCUT2D eigenvalue weighted by atomic mass is 10.1. The van der Waals surface area contributed by atoms with E-state index in [1.165, 1.54) is 11.3 Å². The SMILES string of the molecule is COCCNCC(=O)N1CCNC(=O)C1c1cccs1. The molecule has 0 aliphatic carbocycles. The van der Waals surface area contributed by atoms with E-state index >= 15 is 0 Å². The second-order valence-electron chi connectivity index (χ2n) is 4.47. The zero-order valence-electron chi connectivity index (χ0n) is 11.4. The third kappa shape index (κ3) is 3.56. The van der Waals surface area contributed by atoms with Crippen molar-refractivity contribution in [3.8, 4) is 0 Å². The molecule has 2 heterocycles. The first kappa shape index (κ1) is 15.0. The molecule has 1 aliphatic heterocycles. The Hall–Kier alpha value is -1.44. The molecular weight excluding hydrogens is 278 g/mol. The molecule has 2 amide bonds. The highest BCUT2D eigenvalue weighted by Gasteiger charge is 2.34. The monoisotopic (exact) mass is 297 g/mol. The van der Waals surface area contributed by atoms with E-state index in [1.54, 1.807) is 12.0 Å². The van der Waals surface area contributed by atoms with Gasteiger partial charge in [-0.2, -0.15) is 0 Å². The first-order valence-electron chi connectivity index (χ1n) is 6.54. The fraction of sp³-hybridized carbons (Fsp3) is 0.538. The van der Waals surface area contributed by atoms with Crippen molar-refractivity contribution in [1.82, 2.24) is 15.5 Å². The van der Waals surface area contributed by atoms with Gasteiger partial charge in [0.2, 0.25) is 11.8 Å². The van der Waals surface area contributed by atoms with Crippen LogP contribution >= 0.6 is 11.3 Å². The number of carbonyl (C=O) groups is 2. The van der Waals surface area contributed by atoms with Crippen LogP contribution in [0.5, 0.6) is 0 Å². The molecule has 2 rings (SSSR count). The Bertz CT molecular complexity index is 450. The van der Waals surface area contributed by atoms with Crippen LogP contribution in [0.2, 0.25) is 0 Å². The summed E-state index contributed by atoms with van der Waals surface area (Å²) < 4.78 is 4.92. The number of hydrogen-bond acceptors (Lipinski definition) is 5. The van der Waals surface area contributed by atoms with Crippen LogP contribution in [0.3, 0.4) is 0 Å². The minimum Gasteiger partial charge on any atom is -0.383 e. The minimum absolute atomic E-state index is 0.0608. The molecule has 1 fully saturated rings. The minimum atomic E-state index is -0.500. The number of amides is 2. The molecule has 0 aromatic carbocycles. The van der Waals surface area contributed by atoms with E-state index in [4.69, 9.17) is 4.74 Å². The summed E-state index contributed by atoms with van der Waals surface area (Å²) in [5.74, 6) is -0.168. The number of thiophene rings is 1. The first-order chi connectivity index (χ1) is 9.74. The molecule has 110 valence electrons. The van der Waals surface area contributed by atoms with Gasteiger partial charge in [-0.3, -0.25) is 9.59 Å². The van der Waals surface area contributed by atoms with E-state index in [2.05, 4.69) is 10.6 Å². The Morgan fingerprint density at radius 3 is 3.20 bits per heavy atom. The molecule has 7 heteroatoms. The van der Waals surface area contributed by atoms with Crippen LogP contribution in [0.4, 0.5) is 0 Å². The second kappa shape index (κ2) is 7.37. The van der Waals surface area contributed by atoms with Crippen molar-refractivity contribution in [3.63, 3.8) is 0 Å². The van der Waals surface area contributed by atoms with Crippen LogP contribution in [0.15, 0.2) is 17.5 Å². The van der Waals surface area contributed by atoms with Gasteiger partial charge in [-0.05, 0) is 11.4 Å². The maximum absolute atomic E-state index is 12.3.